The van der Waals surface area contributed by atoms with E-state index >= 15 is 0 Å². The molecule has 0 radical (unpaired) electrons. The van der Waals surface area contributed by atoms with Crippen molar-refractivity contribution in [3.8, 4) is 0 Å². The lowest BCUT2D eigenvalue weighted by atomic mass is 10.0. The van der Waals surface area contributed by atoms with E-state index in [1.54, 1.807) is 0 Å². The van der Waals surface area contributed by atoms with E-state index in [-0.39, 0.29) is 0 Å². The fraction of sp³-hybridized carbons (Fsp3) is 0.786. The summed E-state index contributed by atoms with van der Waals surface area (Å²) in [7, 11) is 0. The molecule has 98 valence electrons. The summed E-state index contributed by atoms with van der Waals surface area (Å²) in [6, 6.07) is 1.07. The molecule has 17 heavy (non-hydrogen) atoms. The molecule has 0 bridgehead atoms. The van der Waals surface area contributed by atoms with Gasteiger partial charge in [0.15, 0.2) is 0 Å². The maximum Gasteiger partial charge on any atom is 0.0952 e. The molecule has 1 aromatic rings. The first-order valence-corrected chi connectivity index (χ1v) is 6.74. The lowest BCUT2D eigenvalue weighted by Crippen LogP contribution is -2.21. The summed E-state index contributed by atoms with van der Waals surface area (Å²) in [4.78, 5) is 4.44. The van der Waals surface area contributed by atoms with Crippen molar-refractivity contribution in [1.29, 1.82) is 0 Å². The molecule has 0 saturated carbocycles. The molecule has 1 N–H and O–H groups in total. The molecule has 0 saturated heterocycles. The monoisotopic (exact) mass is 237 g/mol. The Bertz CT molecular complexity index is 315. The highest BCUT2D eigenvalue weighted by Gasteiger charge is 2.07. The first-order chi connectivity index (χ1) is 7.99. The van der Waals surface area contributed by atoms with Crippen molar-refractivity contribution in [2.24, 2.45) is 5.92 Å². The van der Waals surface area contributed by atoms with Gasteiger partial charge in [-0.25, -0.2) is 4.98 Å². The van der Waals surface area contributed by atoms with Crippen LogP contribution < -0.4 is 5.32 Å². The first kappa shape index (κ1) is 14.2. The van der Waals surface area contributed by atoms with Crippen LogP contribution in [0.25, 0.3) is 0 Å². The normalized spacial score (nSPS) is 13.6. The van der Waals surface area contributed by atoms with Crippen molar-refractivity contribution < 1.29 is 0 Å². The van der Waals surface area contributed by atoms with Gasteiger partial charge in [0.05, 0.1) is 12.0 Å². The number of rotatable bonds is 7. The van der Waals surface area contributed by atoms with Crippen LogP contribution in [0.5, 0.6) is 0 Å². The van der Waals surface area contributed by atoms with E-state index in [9.17, 15) is 0 Å². The fourth-order valence-electron chi connectivity index (χ4n) is 1.74. The van der Waals surface area contributed by atoms with Gasteiger partial charge in [-0.3, -0.25) is 0 Å². The summed E-state index contributed by atoms with van der Waals surface area (Å²) in [6.07, 6.45) is 6.63. The molecular formula is C14H27N3. The molecule has 0 fully saturated rings. The molecule has 0 spiro atoms. The standard InChI is InChI=1S/C14H27N3/c1-11(2)6-7-13(5)17-9-14(16-10-17)8-15-12(3)4/h9-13,15H,6-8H2,1-5H3. The van der Waals surface area contributed by atoms with Crippen LogP contribution in [0.4, 0.5) is 0 Å². The molecule has 0 aliphatic heterocycles. The minimum atomic E-state index is 0.513. The van der Waals surface area contributed by atoms with Crippen molar-refractivity contribution >= 4 is 0 Å². The number of nitrogens with zero attached hydrogens (tertiary/aromatic N) is 2. The van der Waals surface area contributed by atoms with Crippen LogP contribution >= 0.6 is 0 Å². The second-order valence-electron chi connectivity index (χ2n) is 5.67. The molecule has 1 rings (SSSR count). The highest BCUT2D eigenvalue weighted by Crippen LogP contribution is 2.17. The Morgan fingerprint density at radius 2 is 1.88 bits per heavy atom. The van der Waals surface area contributed by atoms with E-state index in [0.29, 0.717) is 12.1 Å². The maximum absolute atomic E-state index is 4.44. The Morgan fingerprint density at radius 3 is 2.47 bits per heavy atom. The number of aromatic nitrogens is 2. The molecule has 1 heterocycles. The summed E-state index contributed by atoms with van der Waals surface area (Å²) >= 11 is 0. The van der Waals surface area contributed by atoms with Gasteiger partial charge in [-0.05, 0) is 25.7 Å². The zero-order chi connectivity index (χ0) is 12.8. The van der Waals surface area contributed by atoms with E-state index < -0.39 is 0 Å². The SMILES string of the molecule is CC(C)CCC(C)n1cnc(CNC(C)C)c1. The van der Waals surface area contributed by atoms with Gasteiger partial charge in [-0.1, -0.05) is 27.7 Å². The first-order valence-electron chi connectivity index (χ1n) is 6.74. The largest absolute Gasteiger partial charge is 0.334 e. The van der Waals surface area contributed by atoms with E-state index in [1.165, 1.54) is 12.8 Å². The number of imidazole rings is 1. The Balaban J connectivity index is 2.43. The smallest absolute Gasteiger partial charge is 0.0952 e. The van der Waals surface area contributed by atoms with E-state index in [4.69, 9.17) is 0 Å². The maximum atomic E-state index is 4.44. The average molecular weight is 237 g/mol. The Kier molecular flexibility index (Phi) is 5.69. The highest BCUT2D eigenvalue weighted by molar-refractivity contribution is 4.97. The third-order valence-electron chi connectivity index (χ3n) is 3.02. The fourth-order valence-corrected chi connectivity index (χ4v) is 1.74. The van der Waals surface area contributed by atoms with Gasteiger partial charge in [-0.2, -0.15) is 0 Å². The second kappa shape index (κ2) is 6.80. The summed E-state index contributed by atoms with van der Waals surface area (Å²) in [5, 5.41) is 3.39. The second-order valence-corrected chi connectivity index (χ2v) is 5.67. The van der Waals surface area contributed by atoms with Gasteiger partial charge in [0.25, 0.3) is 0 Å². The molecule has 1 atom stereocenters. The van der Waals surface area contributed by atoms with Crippen LogP contribution in [0.15, 0.2) is 12.5 Å². The lowest BCUT2D eigenvalue weighted by molar-refractivity contribution is 0.439. The Hall–Kier alpha value is -0.830. The number of nitrogens with one attached hydrogen (secondary N) is 1. The van der Waals surface area contributed by atoms with Crippen LogP contribution in [0.3, 0.4) is 0 Å². The summed E-state index contributed by atoms with van der Waals surface area (Å²) in [5.74, 6) is 0.781. The quantitative estimate of drug-likeness (QED) is 0.788. The topological polar surface area (TPSA) is 29.9 Å². The van der Waals surface area contributed by atoms with Crippen LogP contribution in [0, 0.1) is 5.92 Å². The van der Waals surface area contributed by atoms with Crippen molar-refractivity contribution in [3.05, 3.63) is 18.2 Å². The molecule has 0 aromatic carbocycles. The third kappa shape index (κ3) is 5.35. The van der Waals surface area contributed by atoms with Crippen molar-refractivity contribution in [2.75, 3.05) is 0 Å². The molecule has 3 nitrogen and oxygen atoms in total. The third-order valence-corrected chi connectivity index (χ3v) is 3.02. The van der Waals surface area contributed by atoms with E-state index in [1.807, 2.05) is 6.33 Å². The molecule has 3 heteroatoms. The van der Waals surface area contributed by atoms with Crippen molar-refractivity contribution in [2.45, 2.75) is 66.1 Å². The molecular weight excluding hydrogens is 210 g/mol. The predicted molar refractivity (Wildman–Crippen MR) is 73.0 cm³/mol. The Morgan fingerprint density at radius 1 is 1.18 bits per heavy atom. The van der Waals surface area contributed by atoms with Crippen LogP contribution in [0.2, 0.25) is 0 Å². The lowest BCUT2D eigenvalue weighted by Gasteiger charge is -2.14. The van der Waals surface area contributed by atoms with Crippen molar-refractivity contribution in [1.82, 2.24) is 14.9 Å². The van der Waals surface area contributed by atoms with Gasteiger partial charge in [0.2, 0.25) is 0 Å². The summed E-state index contributed by atoms with van der Waals surface area (Å²) in [5.41, 5.74) is 1.13. The van der Waals surface area contributed by atoms with Gasteiger partial charge in [0.1, 0.15) is 0 Å². The molecule has 1 unspecified atom stereocenters. The minimum Gasteiger partial charge on any atom is -0.334 e. The summed E-state index contributed by atoms with van der Waals surface area (Å²) in [6.45, 7) is 12.0. The minimum absolute atomic E-state index is 0.513. The average Bonchev–Trinajstić information content (AvgIpc) is 2.71. The van der Waals surface area contributed by atoms with Gasteiger partial charge in [-0.15, -0.1) is 0 Å². The molecule has 0 aliphatic carbocycles. The number of hydrogen-bond acceptors (Lipinski definition) is 2. The number of hydrogen-bond donors (Lipinski definition) is 1. The zero-order valence-corrected chi connectivity index (χ0v) is 11.9. The van der Waals surface area contributed by atoms with Gasteiger partial charge in [0, 0.05) is 24.8 Å². The van der Waals surface area contributed by atoms with Crippen molar-refractivity contribution in [3.63, 3.8) is 0 Å². The molecule has 0 aliphatic rings. The zero-order valence-electron chi connectivity index (χ0n) is 11.9. The summed E-state index contributed by atoms with van der Waals surface area (Å²) < 4.78 is 2.24. The Labute approximate surface area is 106 Å². The van der Waals surface area contributed by atoms with E-state index in [2.05, 4.69) is 55.7 Å². The molecule has 1 aromatic heterocycles. The van der Waals surface area contributed by atoms with Crippen LogP contribution in [-0.4, -0.2) is 15.6 Å². The van der Waals surface area contributed by atoms with Gasteiger partial charge < -0.3 is 9.88 Å². The van der Waals surface area contributed by atoms with E-state index in [0.717, 1.165) is 18.2 Å². The van der Waals surface area contributed by atoms with Crippen LogP contribution in [-0.2, 0) is 6.54 Å². The van der Waals surface area contributed by atoms with Gasteiger partial charge >= 0.3 is 0 Å². The molecule has 0 amide bonds. The highest BCUT2D eigenvalue weighted by atomic mass is 15.1. The predicted octanol–water partition coefficient (Wildman–Crippen LogP) is 3.38. The van der Waals surface area contributed by atoms with Crippen LogP contribution in [0.1, 0.15) is 59.2 Å².